The Morgan fingerprint density at radius 3 is 2.20 bits per heavy atom. The van der Waals surface area contributed by atoms with Gasteiger partial charge < -0.3 is 19.1 Å². The lowest BCUT2D eigenvalue weighted by Crippen LogP contribution is -2.33. The zero-order chi connectivity index (χ0) is 21.8. The molecule has 6 nitrogen and oxygen atoms in total. The average Bonchev–Trinajstić information content (AvgIpc) is 2.80. The number of unbranched alkanes of at least 4 members (excludes halogenated alkanes) is 1. The first-order valence-corrected chi connectivity index (χ1v) is 10.2. The van der Waals surface area contributed by atoms with Gasteiger partial charge in [0.2, 0.25) is 0 Å². The van der Waals surface area contributed by atoms with E-state index >= 15 is 0 Å². The van der Waals surface area contributed by atoms with E-state index in [0.717, 1.165) is 19.3 Å². The lowest BCUT2D eigenvalue weighted by Gasteiger charge is -2.23. The Labute approximate surface area is 178 Å². The third-order valence-corrected chi connectivity index (χ3v) is 4.94. The van der Waals surface area contributed by atoms with E-state index in [1.807, 2.05) is 23.1 Å². The first-order valence-electron chi connectivity index (χ1n) is 10.2. The number of carbonyl (C=O) groups excluding carboxylic acids is 2. The Morgan fingerprint density at radius 2 is 1.53 bits per heavy atom. The van der Waals surface area contributed by atoms with Crippen molar-refractivity contribution >= 4 is 11.9 Å². The largest absolute Gasteiger partial charge is 0.493 e. The lowest BCUT2D eigenvalue weighted by molar-refractivity contribution is -0.140. The quantitative estimate of drug-likeness (QED) is 0.387. The molecule has 0 aromatic heterocycles. The van der Waals surface area contributed by atoms with E-state index < -0.39 is 0 Å². The van der Waals surface area contributed by atoms with Gasteiger partial charge in [0.05, 0.1) is 21.3 Å². The van der Waals surface area contributed by atoms with E-state index in [9.17, 15) is 9.59 Å². The van der Waals surface area contributed by atoms with Crippen molar-refractivity contribution in [2.75, 3.05) is 34.4 Å². The van der Waals surface area contributed by atoms with Gasteiger partial charge in [-0.1, -0.05) is 30.3 Å². The molecule has 0 fully saturated rings. The summed E-state index contributed by atoms with van der Waals surface area (Å²) < 4.78 is 15.3. The Hall–Kier alpha value is -3.02. The summed E-state index contributed by atoms with van der Waals surface area (Å²) in [5, 5.41) is 0. The molecule has 0 aliphatic carbocycles. The molecule has 0 aliphatic heterocycles. The van der Waals surface area contributed by atoms with Crippen LogP contribution >= 0.6 is 0 Å². The summed E-state index contributed by atoms with van der Waals surface area (Å²) in [6, 6.07) is 15.4. The zero-order valence-corrected chi connectivity index (χ0v) is 18.1. The highest BCUT2D eigenvalue weighted by molar-refractivity contribution is 5.95. The van der Waals surface area contributed by atoms with Crippen LogP contribution in [0.3, 0.4) is 0 Å². The first kappa shape index (κ1) is 23.3. The highest BCUT2D eigenvalue weighted by Gasteiger charge is 2.18. The predicted molar refractivity (Wildman–Crippen MR) is 116 cm³/mol. The molecule has 0 unspecified atom stereocenters. The summed E-state index contributed by atoms with van der Waals surface area (Å²) in [5.74, 6) is 0.833. The Kier molecular flexibility index (Phi) is 9.71. The van der Waals surface area contributed by atoms with E-state index in [1.54, 1.807) is 32.4 Å². The van der Waals surface area contributed by atoms with Crippen LogP contribution in [0.25, 0.3) is 0 Å². The molecule has 2 aromatic carbocycles. The minimum Gasteiger partial charge on any atom is -0.493 e. The van der Waals surface area contributed by atoms with E-state index in [4.69, 9.17) is 14.2 Å². The number of carbonyl (C=O) groups is 2. The molecule has 162 valence electrons. The number of hydrogen-bond acceptors (Lipinski definition) is 5. The molecule has 0 atom stereocenters. The molecule has 30 heavy (non-hydrogen) atoms. The standard InChI is InChI=1S/C24H31NO5/c1-28-21-15-14-20(18-22(21)29-2)24(27)25(16-8-7-13-23(26)30-3)17-9-12-19-10-5-4-6-11-19/h4-6,10-11,14-15,18H,7-9,12-13,16-17H2,1-3H3. The summed E-state index contributed by atoms with van der Waals surface area (Å²) in [7, 11) is 4.51. The SMILES string of the molecule is COC(=O)CCCCN(CCCc1ccccc1)C(=O)c1ccc(OC)c(OC)c1. The maximum absolute atomic E-state index is 13.2. The fourth-order valence-electron chi connectivity index (χ4n) is 3.26. The van der Waals surface area contributed by atoms with Crippen LogP contribution in [-0.4, -0.2) is 51.2 Å². The van der Waals surface area contributed by atoms with Crippen LogP contribution in [0, 0.1) is 0 Å². The molecule has 0 radical (unpaired) electrons. The molecule has 6 heteroatoms. The van der Waals surface area contributed by atoms with Gasteiger partial charge in [-0.25, -0.2) is 0 Å². The summed E-state index contributed by atoms with van der Waals surface area (Å²) in [4.78, 5) is 26.4. The number of aryl methyl sites for hydroxylation is 1. The van der Waals surface area contributed by atoms with Gasteiger partial charge in [0.1, 0.15) is 0 Å². The summed E-state index contributed by atoms with van der Waals surface area (Å²) >= 11 is 0. The van der Waals surface area contributed by atoms with Crippen LogP contribution in [-0.2, 0) is 16.0 Å². The number of benzene rings is 2. The molecule has 1 amide bonds. The van der Waals surface area contributed by atoms with Crippen LogP contribution in [0.2, 0.25) is 0 Å². The number of esters is 1. The molecular formula is C24H31NO5. The maximum atomic E-state index is 13.2. The number of ether oxygens (including phenoxy) is 3. The number of rotatable bonds is 12. The van der Waals surface area contributed by atoms with Crippen molar-refractivity contribution in [3.8, 4) is 11.5 Å². The number of methoxy groups -OCH3 is 3. The third-order valence-electron chi connectivity index (χ3n) is 4.94. The van der Waals surface area contributed by atoms with Crippen LogP contribution in [0.5, 0.6) is 11.5 Å². The summed E-state index contributed by atoms with van der Waals surface area (Å²) in [6.45, 7) is 1.22. The van der Waals surface area contributed by atoms with Gasteiger partial charge in [0.25, 0.3) is 5.91 Å². The molecule has 0 saturated heterocycles. The van der Waals surface area contributed by atoms with Gasteiger partial charge in [-0.15, -0.1) is 0 Å². The summed E-state index contributed by atoms with van der Waals surface area (Å²) in [5.41, 5.74) is 1.81. The minimum absolute atomic E-state index is 0.0536. The highest BCUT2D eigenvalue weighted by Crippen LogP contribution is 2.28. The second-order valence-electron chi connectivity index (χ2n) is 6.98. The zero-order valence-electron chi connectivity index (χ0n) is 18.1. The topological polar surface area (TPSA) is 65.1 Å². The predicted octanol–water partition coefficient (Wildman–Crippen LogP) is 4.12. The van der Waals surface area contributed by atoms with Gasteiger partial charge in [0.15, 0.2) is 11.5 Å². The normalized spacial score (nSPS) is 10.4. The third kappa shape index (κ3) is 7.10. The fourth-order valence-corrected chi connectivity index (χ4v) is 3.26. The number of hydrogen-bond donors (Lipinski definition) is 0. The van der Waals surface area contributed by atoms with Crippen molar-refractivity contribution in [3.05, 3.63) is 59.7 Å². The molecule has 0 saturated carbocycles. The molecule has 0 heterocycles. The van der Waals surface area contributed by atoms with Gasteiger partial charge in [-0.2, -0.15) is 0 Å². The van der Waals surface area contributed by atoms with E-state index in [1.165, 1.54) is 12.7 Å². The van der Waals surface area contributed by atoms with E-state index in [2.05, 4.69) is 12.1 Å². The maximum Gasteiger partial charge on any atom is 0.305 e. The summed E-state index contributed by atoms with van der Waals surface area (Å²) in [6.07, 6.45) is 3.54. The Bertz CT molecular complexity index is 806. The fraction of sp³-hybridized carbons (Fsp3) is 0.417. The van der Waals surface area contributed by atoms with Crippen LogP contribution in [0.1, 0.15) is 41.6 Å². The second-order valence-corrected chi connectivity index (χ2v) is 6.98. The minimum atomic E-state index is -0.225. The van der Waals surface area contributed by atoms with E-state index in [0.29, 0.717) is 43.0 Å². The van der Waals surface area contributed by atoms with Crippen LogP contribution < -0.4 is 9.47 Å². The molecule has 0 aliphatic rings. The van der Waals surface area contributed by atoms with Gasteiger partial charge >= 0.3 is 5.97 Å². The van der Waals surface area contributed by atoms with Crippen LogP contribution in [0.4, 0.5) is 0 Å². The number of amides is 1. The molecular weight excluding hydrogens is 382 g/mol. The molecule has 2 rings (SSSR count). The van der Waals surface area contributed by atoms with Crippen molar-refractivity contribution in [1.29, 1.82) is 0 Å². The Morgan fingerprint density at radius 1 is 0.833 bits per heavy atom. The monoisotopic (exact) mass is 413 g/mol. The van der Waals surface area contributed by atoms with Crippen molar-refractivity contribution in [2.45, 2.75) is 32.1 Å². The number of nitrogens with zero attached hydrogens (tertiary/aromatic N) is 1. The Balaban J connectivity index is 2.04. The van der Waals surface area contributed by atoms with Gasteiger partial charge in [0, 0.05) is 25.1 Å². The van der Waals surface area contributed by atoms with Gasteiger partial charge in [-0.05, 0) is 49.4 Å². The van der Waals surface area contributed by atoms with Crippen molar-refractivity contribution in [2.24, 2.45) is 0 Å². The van der Waals surface area contributed by atoms with Crippen molar-refractivity contribution < 1.29 is 23.8 Å². The van der Waals surface area contributed by atoms with Crippen molar-refractivity contribution in [1.82, 2.24) is 4.90 Å². The average molecular weight is 414 g/mol. The molecule has 0 spiro atoms. The first-order chi connectivity index (χ1) is 14.6. The van der Waals surface area contributed by atoms with Gasteiger partial charge in [-0.3, -0.25) is 9.59 Å². The van der Waals surface area contributed by atoms with E-state index in [-0.39, 0.29) is 11.9 Å². The lowest BCUT2D eigenvalue weighted by atomic mass is 10.1. The molecule has 0 bridgehead atoms. The molecule has 2 aromatic rings. The molecule has 0 N–H and O–H groups in total. The van der Waals surface area contributed by atoms with Crippen LogP contribution in [0.15, 0.2) is 48.5 Å². The highest BCUT2D eigenvalue weighted by atomic mass is 16.5. The second kappa shape index (κ2) is 12.5. The van der Waals surface area contributed by atoms with Crippen molar-refractivity contribution in [3.63, 3.8) is 0 Å². The smallest absolute Gasteiger partial charge is 0.305 e.